The summed E-state index contributed by atoms with van der Waals surface area (Å²) in [6, 6.07) is 11.7. The van der Waals surface area contributed by atoms with Crippen molar-refractivity contribution in [1.29, 1.82) is 0 Å². The van der Waals surface area contributed by atoms with E-state index in [0.717, 1.165) is 104 Å². The number of carbonyl (C=O) groups is 2. The minimum atomic E-state index is -3.81. The average Bonchev–Trinajstić information content (AvgIpc) is 3.58. The fraction of sp³-hybridized carbons (Fsp3) is 0.526. The Kier molecular flexibility index (Phi) is 8.69. The van der Waals surface area contributed by atoms with Crippen LogP contribution in [0.5, 0.6) is 5.75 Å². The molecule has 2 amide bonds. The highest BCUT2D eigenvalue weighted by molar-refractivity contribution is 7.90. The lowest BCUT2D eigenvalue weighted by Crippen LogP contribution is -2.53. The van der Waals surface area contributed by atoms with Crippen molar-refractivity contribution in [3.8, 4) is 17.0 Å². The summed E-state index contributed by atoms with van der Waals surface area (Å²) in [6.45, 7) is 6.18. The lowest BCUT2D eigenvalue weighted by atomic mass is 9.81. The second kappa shape index (κ2) is 12.7. The van der Waals surface area contributed by atoms with Crippen molar-refractivity contribution in [1.82, 2.24) is 19.1 Å². The molecule has 4 heterocycles. The van der Waals surface area contributed by atoms with Gasteiger partial charge < -0.3 is 19.1 Å². The summed E-state index contributed by atoms with van der Waals surface area (Å²) in [7, 11) is 0.0120. The van der Waals surface area contributed by atoms with Crippen molar-refractivity contribution in [2.75, 3.05) is 33.8 Å². The molecule has 3 aromatic rings. The summed E-state index contributed by atoms with van der Waals surface area (Å²) in [5.74, 6) is 0.509. The summed E-state index contributed by atoms with van der Waals surface area (Å²) >= 11 is 0. The second-order valence-electron chi connectivity index (χ2n) is 14.7. The Morgan fingerprint density at radius 3 is 2.42 bits per heavy atom. The maximum atomic E-state index is 14.8. The average molecular weight is 673 g/mol. The molecular weight excluding hydrogens is 625 g/mol. The number of sulfonamides is 1. The summed E-state index contributed by atoms with van der Waals surface area (Å²) in [6.07, 6.45) is 11.8. The zero-order valence-electron chi connectivity index (χ0n) is 28.7. The van der Waals surface area contributed by atoms with Gasteiger partial charge in [-0.05, 0) is 113 Å². The fourth-order valence-electron chi connectivity index (χ4n) is 8.60. The number of piperidine rings is 1. The van der Waals surface area contributed by atoms with Crippen LogP contribution in [-0.2, 0) is 21.4 Å². The van der Waals surface area contributed by atoms with Gasteiger partial charge in [-0.15, -0.1) is 0 Å². The first kappa shape index (κ1) is 32.9. The standard InChI is InChI=1S/C38H48N4O5S/c1-25(2)48(45,46)39-36(43)27-11-13-32-33(23-27)41-24-29(37(44)42-18-8-15-38(42)16-19-40(3)20-17-38)21-28-22-30(47-4)12-14-31(28)35(41)34(32)26-9-6-5-7-10-26/h11-14,21-23,25-26H,5-10,15-20,24H2,1-4H3,(H,39,43). The Bertz CT molecular complexity index is 1890. The third kappa shape index (κ3) is 5.74. The Hall–Kier alpha value is -3.63. The van der Waals surface area contributed by atoms with Crippen molar-refractivity contribution in [2.45, 2.75) is 94.9 Å². The first-order valence-electron chi connectivity index (χ1n) is 17.6. The van der Waals surface area contributed by atoms with Crippen molar-refractivity contribution >= 4 is 38.8 Å². The summed E-state index contributed by atoms with van der Waals surface area (Å²) < 4.78 is 35.5. The topological polar surface area (TPSA) is 101 Å². The maximum absolute atomic E-state index is 14.8. The van der Waals surface area contributed by atoms with Crippen molar-refractivity contribution in [3.05, 3.63) is 58.7 Å². The van der Waals surface area contributed by atoms with Gasteiger partial charge in [-0.1, -0.05) is 25.3 Å². The molecule has 1 spiro atoms. The zero-order chi connectivity index (χ0) is 33.8. The van der Waals surface area contributed by atoms with Gasteiger partial charge in [0.15, 0.2) is 0 Å². The number of ether oxygens (including phenoxy) is 1. The molecule has 10 heteroatoms. The third-order valence-corrected chi connectivity index (χ3v) is 13.2. The number of nitrogens with zero attached hydrogens (tertiary/aromatic N) is 3. The van der Waals surface area contributed by atoms with E-state index in [9.17, 15) is 18.0 Å². The van der Waals surface area contributed by atoms with Crippen LogP contribution in [0.25, 0.3) is 28.2 Å². The largest absolute Gasteiger partial charge is 0.497 e. The highest BCUT2D eigenvalue weighted by Gasteiger charge is 2.46. The van der Waals surface area contributed by atoms with Gasteiger partial charge in [0.1, 0.15) is 5.75 Å². The third-order valence-electron chi connectivity index (χ3n) is 11.4. The van der Waals surface area contributed by atoms with E-state index in [0.29, 0.717) is 18.0 Å². The molecule has 2 saturated heterocycles. The van der Waals surface area contributed by atoms with Crippen molar-refractivity contribution in [2.24, 2.45) is 0 Å². The van der Waals surface area contributed by atoms with Crippen LogP contribution in [0.3, 0.4) is 0 Å². The smallest absolute Gasteiger partial charge is 0.264 e. The van der Waals surface area contributed by atoms with E-state index >= 15 is 0 Å². The molecule has 0 radical (unpaired) electrons. The van der Waals surface area contributed by atoms with Gasteiger partial charge in [-0.2, -0.15) is 0 Å². The van der Waals surface area contributed by atoms with Crippen LogP contribution >= 0.6 is 0 Å². The molecule has 256 valence electrons. The molecule has 3 aliphatic heterocycles. The Balaban J connectivity index is 1.40. The molecule has 48 heavy (non-hydrogen) atoms. The summed E-state index contributed by atoms with van der Waals surface area (Å²) in [4.78, 5) is 32.7. The van der Waals surface area contributed by atoms with E-state index in [1.54, 1.807) is 27.0 Å². The van der Waals surface area contributed by atoms with Gasteiger partial charge in [-0.3, -0.25) is 9.59 Å². The predicted octanol–water partition coefficient (Wildman–Crippen LogP) is 6.32. The van der Waals surface area contributed by atoms with Crippen LogP contribution in [0.15, 0.2) is 42.0 Å². The Morgan fingerprint density at radius 2 is 1.71 bits per heavy atom. The molecule has 0 unspecified atom stereocenters. The molecule has 9 nitrogen and oxygen atoms in total. The van der Waals surface area contributed by atoms with E-state index in [-0.39, 0.29) is 17.0 Å². The number of amides is 2. The van der Waals surface area contributed by atoms with E-state index < -0.39 is 21.2 Å². The number of benzene rings is 2. The van der Waals surface area contributed by atoms with Crippen LogP contribution in [0, 0.1) is 0 Å². The first-order chi connectivity index (χ1) is 23.0. The van der Waals surface area contributed by atoms with Crippen LogP contribution in [0.2, 0.25) is 0 Å². The van der Waals surface area contributed by atoms with E-state index in [4.69, 9.17) is 4.74 Å². The first-order valence-corrected chi connectivity index (χ1v) is 19.2. The Morgan fingerprint density at radius 1 is 0.958 bits per heavy atom. The minimum Gasteiger partial charge on any atom is -0.497 e. The van der Waals surface area contributed by atoms with Gasteiger partial charge in [-0.25, -0.2) is 13.1 Å². The Labute approximate surface area is 284 Å². The van der Waals surface area contributed by atoms with Crippen LogP contribution in [0.1, 0.15) is 99.0 Å². The van der Waals surface area contributed by atoms with Gasteiger partial charge >= 0.3 is 0 Å². The molecule has 1 aromatic heterocycles. The molecule has 7 rings (SSSR count). The molecule has 3 fully saturated rings. The van der Waals surface area contributed by atoms with Gasteiger partial charge in [0.2, 0.25) is 10.0 Å². The quantitative estimate of drug-likeness (QED) is 0.329. The van der Waals surface area contributed by atoms with Gasteiger partial charge in [0, 0.05) is 52.8 Å². The number of nitrogens with one attached hydrogen (secondary N) is 1. The van der Waals surface area contributed by atoms with Crippen molar-refractivity contribution < 1.29 is 22.7 Å². The number of methoxy groups -OCH3 is 1. The zero-order valence-corrected chi connectivity index (χ0v) is 29.5. The molecule has 1 saturated carbocycles. The van der Waals surface area contributed by atoms with Crippen LogP contribution in [-0.4, -0.2) is 79.2 Å². The SMILES string of the molecule is COc1ccc2c(c1)C=C(C(=O)N1CCCC13CCN(C)CC3)Cn1c-2c(C2CCCCC2)c2ccc(C(=O)NS(=O)(=O)C(C)C)cc21. The normalized spacial score (nSPS) is 20.0. The summed E-state index contributed by atoms with van der Waals surface area (Å²) in [5.41, 5.74) is 6.06. The molecule has 4 aliphatic rings. The van der Waals surface area contributed by atoms with Crippen LogP contribution < -0.4 is 9.46 Å². The molecule has 1 aliphatic carbocycles. The second-order valence-corrected chi connectivity index (χ2v) is 16.9. The van der Waals surface area contributed by atoms with E-state index in [1.165, 1.54) is 12.0 Å². The number of carbonyl (C=O) groups excluding carboxylic acids is 2. The highest BCUT2D eigenvalue weighted by atomic mass is 32.2. The number of fused-ring (bicyclic) bond motifs is 5. The number of hydrogen-bond donors (Lipinski definition) is 1. The van der Waals surface area contributed by atoms with Crippen molar-refractivity contribution in [3.63, 3.8) is 0 Å². The molecule has 1 N–H and O–H groups in total. The molecule has 2 aromatic carbocycles. The fourth-order valence-corrected chi connectivity index (χ4v) is 9.21. The van der Waals surface area contributed by atoms with Gasteiger partial charge in [0.25, 0.3) is 11.8 Å². The molecule has 0 atom stereocenters. The lowest BCUT2D eigenvalue weighted by Gasteiger charge is -2.44. The number of hydrogen-bond acceptors (Lipinski definition) is 6. The van der Waals surface area contributed by atoms with E-state index in [1.807, 2.05) is 24.3 Å². The lowest BCUT2D eigenvalue weighted by molar-refractivity contribution is -0.132. The number of aromatic nitrogens is 1. The number of likely N-dealkylation sites (tertiary alicyclic amines) is 2. The van der Waals surface area contributed by atoms with E-state index in [2.05, 4.69) is 38.3 Å². The van der Waals surface area contributed by atoms with Gasteiger partial charge in [0.05, 0.1) is 24.6 Å². The van der Waals surface area contributed by atoms with Crippen LogP contribution in [0.4, 0.5) is 0 Å². The predicted molar refractivity (Wildman–Crippen MR) is 190 cm³/mol. The monoisotopic (exact) mass is 672 g/mol. The highest BCUT2D eigenvalue weighted by Crippen LogP contribution is 2.48. The summed E-state index contributed by atoms with van der Waals surface area (Å²) in [5, 5.41) is 0.321. The maximum Gasteiger partial charge on any atom is 0.264 e. The molecule has 0 bridgehead atoms. The molecular formula is C38H48N4O5S. The number of rotatable bonds is 6. The minimum absolute atomic E-state index is 0.0802.